The Morgan fingerprint density at radius 3 is 2.44 bits per heavy atom. The minimum atomic E-state index is -0.940. The number of benzene rings is 1. The zero-order valence-electron chi connectivity index (χ0n) is 14.4. The third-order valence-electron chi connectivity index (χ3n) is 4.43. The van der Waals surface area contributed by atoms with Crippen LogP contribution in [0.15, 0.2) is 18.2 Å². The first-order valence-electron chi connectivity index (χ1n) is 8.34. The van der Waals surface area contributed by atoms with Gasteiger partial charge in [0, 0.05) is 18.7 Å². The SMILES string of the molecule is CC(C)CNC(=O)c1ccc(NC(=O)CC2(C(=O)O)CCC2)cc1Cl. The topological polar surface area (TPSA) is 95.5 Å². The van der Waals surface area contributed by atoms with E-state index in [0.717, 1.165) is 6.42 Å². The lowest BCUT2D eigenvalue weighted by Crippen LogP contribution is -2.41. The number of rotatable bonds is 7. The lowest BCUT2D eigenvalue weighted by Gasteiger charge is -2.36. The van der Waals surface area contributed by atoms with Crippen molar-refractivity contribution < 1.29 is 19.5 Å². The van der Waals surface area contributed by atoms with E-state index in [0.29, 0.717) is 36.6 Å². The van der Waals surface area contributed by atoms with Crippen LogP contribution in [0.3, 0.4) is 0 Å². The molecule has 7 heteroatoms. The molecule has 25 heavy (non-hydrogen) atoms. The van der Waals surface area contributed by atoms with Crippen LogP contribution in [0.1, 0.15) is 49.9 Å². The summed E-state index contributed by atoms with van der Waals surface area (Å²) in [6.07, 6.45) is 1.80. The Bertz CT molecular complexity index is 684. The highest BCUT2D eigenvalue weighted by Crippen LogP contribution is 2.44. The average Bonchev–Trinajstić information content (AvgIpc) is 2.48. The molecular weight excluding hydrogens is 344 g/mol. The van der Waals surface area contributed by atoms with E-state index < -0.39 is 11.4 Å². The monoisotopic (exact) mass is 366 g/mol. The lowest BCUT2D eigenvalue weighted by atomic mass is 9.66. The summed E-state index contributed by atoms with van der Waals surface area (Å²) >= 11 is 6.14. The van der Waals surface area contributed by atoms with Crippen LogP contribution in [-0.2, 0) is 9.59 Å². The third kappa shape index (κ3) is 4.72. The average molecular weight is 367 g/mol. The molecule has 0 aliphatic heterocycles. The van der Waals surface area contributed by atoms with Crippen LogP contribution in [0.5, 0.6) is 0 Å². The van der Waals surface area contributed by atoms with Gasteiger partial charge < -0.3 is 15.7 Å². The van der Waals surface area contributed by atoms with Crippen LogP contribution in [0.2, 0.25) is 5.02 Å². The van der Waals surface area contributed by atoms with Gasteiger partial charge in [-0.25, -0.2) is 0 Å². The van der Waals surface area contributed by atoms with Gasteiger partial charge in [0.15, 0.2) is 0 Å². The first-order valence-corrected chi connectivity index (χ1v) is 8.72. The number of carboxylic acids is 1. The zero-order chi connectivity index (χ0) is 18.6. The molecule has 136 valence electrons. The quantitative estimate of drug-likeness (QED) is 0.689. The second-order valence-corrected chi connectivity index (χ2v) is 7.37. The molecule has 6 nitrogen and oxygen atoms in total. The minimum absolute atomic E-state index is 0.0590. The maximum atomic E-state index is 12.1. The molecule has 0 radical (unpaired) electrons. The number of amides is 2. The Labute approximate surface area is 151 Å². The van der Waals surface area contributed by atoms with E-state index in [-0.39, 0.29) is 23.3 Å². The maximum absolute atomic E-state index is 12.1. The predicted molar refractivity (Wildman–Crippen MR) is 95.8 cm³/mol. The molecule has 1 fully saturated rings. The summed E-state index contributed by atoms with van der Waals surface area (Å²) in [5, 5.41) is 15.0. The van der Waals surface area contributed by atoms with Gasteiger partial charge in [-0.2, -0.15) is 0 Å². The fourth-order valence-electron chi connectivity index (χ4n) is 2.75. The van der Waals surface area contributed by atoms with Crippen molar-refractivity contribution in [3.8, 4) is 0 Å². The standard InChI is InChI=1S/C18H23ClN2O4/c1-11(2)10-20-16(23)13-5-4-12(8-14(13)19)21-15(22)9-18(17(24)25)6-3-7-18/h4-5,8,11H,3,6-7,9-10H2,1-2H3,(H,20,23)(H,21,22)(H,24,25). The van der Waals surface area contributed by atoms with Crippen molar-refractivity contribution in [3.63, 3.8) is 0 Å². The fourth-order valence-corrected chi connectivity index (χ4v) is 3.02. The van der Waals surface area contributed by atoms with E-state index >= 15 is 0 Å². The van der Waals surface area contributed by atoms with Crippen LogP contribution in [0, 0.1) is 11.3 Å². The molecule has 2 amide bonds. The van der Waals surface area contributed by atoms with Crippen LogP contribution in [-0.4, -0.2) is 29.4 Å². The van der Waals surface area contributed by atoms with Crippen LogP contribution >= 0.6 is 11.6 Å². The number of hydrogen-bond acceptors (Lipinski definition) is 3. The Morgan fingerprint density at radius 1 is 1.28 bits per heavy atom. The molecular formula is C18H23ClN2O4. The summed E-state index contributed by atoms with van der Waals surface area (Å²) in [6, 6.07) is 4.63. The minimum Gasteiger partial charge on any atom is -0.481 e. The Morgan fingerprint density at radius 2 is 1.96 bits per heavy atom. The summed E-state index contributed by atoms with van der Waals surface area (Å²) in [5.74, 6) is -1.23. The maximum Gasteiger partial charge on any atom is 0.310 e. The Kier molecular flexibility index (Phi) is 6.06. The van der Waals surface area contributed by atoms with E-state index in [1.54, 1.807) is 12.1 Å². The Hall–Kier alpha value is -2.08. The number of aliphatic carboxylic acids is 1. The highest BCUT2D eigenvalue weighted by Gasteiger charge is 2.45. The second-order valence-electron chi connectivity index (χ2n) is 6.96. The number of hydrogen-bond donors (Lipinski definition) is 3. The molecule has 0 atom stereocenters. The fraction of sp³-hybridized carbons (Fsp3) is 0.500. The molecule has 1 aromatic rings. The Balaban J connectivity index is 1.99. The van der Waals surface area contributed by atoms with Crippen molar-refractivity contribution in [2.24, 2.45) is 11.3 Å². The summed E-state index contributed by atoms with van der Waals surface area (Å²) in [6.45, 7) is 4.53. The van der Waals surface area contributed by atoms with Crippen molar-refractivity contribution in [2.45, 2.75) is 39.5 Å². The van der Waals surface area contributed by atoms with E-state index in [2.05, 4.69) is 10.6 Å². The van der Waals surface area contributed by atoms with E-state index in [4.69, 9.17) is 11.6 Å². The number of anilines is 1. The molecule has 0 spiro atoms. The van der Waals surface area contributed by atoms with Gasteiger partial charge in [-0.3, -0.25) is 14.4 Å². The number of nitrogens with one attached hydrogen (secondary N) is 2. The summed E-state index contributed by atoms with van der Waals surface area (Å²) in [5.41, 5.74) is -0.165. The predicted octanol–water partition coefficient (Wildman–Crippen LogP) is 3.31. The first-order chi connectivity index (χ1) is 11.7. The van der Waals surface area contributed by atoms with Gasteiger partial charge in [-0.15, -0.1) is 0 Å². The summed E-state index contributed by atoms with van der Waals surface area (Å²) in [7, 11) is 0. The highest BCUT2D eigenvalue weighted by molar-refractivity contribution is 6.34. The number of halogens is 1. The van der Waals surface area contributed by atoms with Crippen LogP contribution < -0.4 is 10.6 Å². The second kappa shape index (κ2) is 7.87. The number of carbonyl (C=O) groups excluding carboxylic acids is 2. The molecule has 0 bridgehead atoms. The largest absolute Gasteiger partial charge is 0.481 e. The smallest absolute Gasteiger partial charge is 0.310 e. The van der Waals surface area contributed by atoms with Crippen molar-refractivity contribution in [2.75, 3.05) is 11.9 Å². The molecule has 1 saturated carbocycles. The normalized spacial score (nSPS) is 15.4. The van der Waals surface area contributed by atoms with Gasteiger partial charge in [0.25, 0.3) is 5.91 Å². The van der Waals surface area contributed by atoms with Gasteiger partial charge in [0.2, 0.25) is 5.91 Å². The number of carboxylic acid groups (broad SMARTS) is 1. The van der Waals surface area contributed by atoms with E-state index in [1.807, 2.05) is 13.8 Å². The van der Waals surface area contributed by atoms with Crippen LogP contribution in [0.4, 0.5) is 5.69 Å². The highest BCUT2D eigenvalue weighted by atomic mass is 35.5. The third-order valence-corrected chi connectivity index (χ3v) is 4.74. The molecule has 0 unspecified atom stereocenters. The molecule has 2 rings (SSSR count). The van der Waals surface area contributed by atoms with Crippen molar-refractivity contribution in [1.29, 1.82) is 0 Å². The molecule has 1 aromatic carbocycles. The molecule has 3 N–H and O–H groups in total. The molecule has 1 aliphatic rings. The first kappa shape index (κ1) is 19.2. The van der Waals surface area contributed by atoms with Gasteiger partial charge >= 0.3 is 5.97 Å². The molecule has 1 aliphatic carbocycles. The molecule has 0 aromatic heterocycles. The van der Waals surface area contributed by atoms with Gasteiger partial charge in [0.05, 0.1) is 16.0 Å². The van der Waals surface area contributed by atoms with Gasteiger partial charge in [-0.05, 0) is 37.0 Å². The van der Waals surface area contributed by atoms with Crippen molar-refractivity contribution in [3.05, 3.63) is 28.8 Å². The van der Waals surface area contributed by atoms with E-state index in [1.165, 1.54) is 6.07 Å². The molecule has 0 heterocycles. The molecule has 0 saturated heterocycles. The van der Waals surface area contributed by atoms with Gasteiger partial charge in [-0.1, -0.05) is 31.9 Å². The summed E-state index contributed by atoms with van der Waals surface area (Å²) in [4.78, 5) is 35.5. The van der Waals surface area contributed by atoms with Crippen molar-refractivity contribution in [1.82, 2.24) is 5.32 Å². The van der Waals surface area contributed by atoms with Crippen LogP contribution in [0.25, 0.3) is 0 Å². The van der Waals surface area contributed by atoms with Crippen molar-refractivity contribution >= 4 is 35.1 Å². The number of carbonyl (C=O) groups is 3. The van der Waals surface area contributed by atoms with E-state index in [9.17, 15) is 19.5 Å². The van der Waals surface area contributed by atoms with Gasteiger partial charge in [0.1, 0.15) is 0 Å². The zero-order valence-corrected chi connectivity index (χ0v) is 15.2. The lowest BCUT2D eigenvalue weighted by molar-refractivity contribution is -0.157. The summed E-state index contributed by atoms with van der Waals surface area (Å²) < 4.78 is 0.